The maximum atomic E-state index is 12.8. The van der Waals surface area contributed by atoms with E-state index in [1.54, 1.807) is 0 Å². The highest BCUT2D eigenvalue weighted by Crippen LogP contribution is 2.40. The van der Waals surface area contributed by atoms with Crippen LogP contribution in [0.2, 0.25) is 5.02 Å². The number of halogens is 4. The average Bonchev–Trinajstić information content (AvgIpc) is 3.05. The SMILES string of the molecule is O=C1NC2(CO1)CN(C(=O)c1sc3cc(C(F)(F)F)ccc3c1Cl)C2. The van der Waals surface area contributed by atoms with Crippen molar-refractivity contribution in [2.45, 2.75) is 11.7 Å². The summed E-state index contributed by atoms with van der Waals surface area (Å²) in [5.41, 5.74) is -1.36. The number of hydrogen-bond donors (Lipinski definition) is 1. The van der Waals surface area contributed by atoms with Crippen LogP contribution in [0.15, 0.2) is 18.2 Å². The Labute approximate surface area is 148 Å². The number of rotatable bonds is 1. The molecular weight excluding hydrogens is 381 g/mol. The third-order valence-corrected chi connectivity index (χ3v) is 5.92. The molecule has 0 unspecified atom stereocenters. The fraction of sp³-hybridized carbons (Fsp3) is 0.333. The molecule has 2 aromatic rings. The Balaban J connectivity index is 1.60. The van der Waals surface area contributed by atoms with Gasteiger partial charge in [-0.05, 0) is 12.1 Å². The van der Waals surface area contributed by atoms with Gasteiger partial charge in [-0.3, -0.25) is 4.79 Å². The van der Waals surface area contributed by atoms with Gasteiger partial charge in [-0.15, -0.1) is 11.3 Å². The van der Waals surface area contributed by atoms with Gasteiger partial charge in [0.15, 0.2) is 0 Å². The van der Waals surface area contributed by atoms with E-state index in [2.05, 4.69) is 5.32 Å². The van der Waals surface area contributed by atoms with Crippen LogP contribution in [0.25, 0.3) is 10.1 Å². The molecule has 2 amide bonds. The lowest BCUT2D eigenvalue weighted by molar-refractivity contribution is -0.137. The molecule has 2 aliphatic rings. The Morgan fingerprint density at radius 3 is 2.68 bits per heavy atom. The molecule has 0 bridgehead atoms. The molecule has 4 rings (SSSR count). The monoisotopic (exact) mass is 390 g/mol. The molecule has 2 saturated heterocycles. The van der Waals surface area contributed by atoms with E-state index in [0.29, 0.717) is 10.1 Å². The van der Waals surface area contributed by atoms with E-state index in [4.69, 9.17) is 16.3 Å². The third kappa shape index (κ3) is 2.62. The van der Waals surface area contributed by atoms with Crippen molar-refractivity contribution in [2.24, 2.45) is 0 Å². The Hall–Kier alpha value is -2.00. The smallest absolute Gasteiger partial charge is 0.416 e. The Morgan fingerprint density at radius 1 is 1.36 bits per heavy atom. The summed E-state index contributed by atoms with van der Waals surface area (Å²) in [7, 11) is 0. The molecule has 0 radical (unpaired) electrons. The van der Waals surface area contributed by atoms with Crippen molar-refractivity contribution in [1.82, 2.24) is 10.2 Å². The molecule has 1 aromatic heterocycles. The lowest BCUT2D eigenvalue weighted by Crippen LogP contribution is -2.69. The van der Waals surface area contributed by atoms with Gasteiger partial charge in [-0.2, -0.15) is 13.2 Å². The molecule has 0 aliphatic carbocycles. The number of cyclic esters (lactones) is 1. The van der Waals surface area contributed by atoms with Gasteiger partial charge in [0.05, 0.1) is 10.6 Å². The van der Waals surface area contributed by atoms with E-state index < -0.39 is 23.4 Å². The van der Waals surface area contributed by atoms with Crippen LogP contribution in [0.1, 0.15) is 15.2 Å². The van der Waals surface area contributed by atoms with Crippen molar-refractivity contribution in [2.75, 3.05) is 19.7 Å². The van der Waals surface area contributed by atoms with E-state index >= 15 is 0 Å². The van der Waals surface area contributed by atoms with Crippen molar-refractivity contribution in [1.29, 1.82) is 0 Å². The number of likely N-dealkylation sites (tertiary alicyclic amines) is 1. The first-order valence-corrected chi connectivity index (χ1v) is 8.41. The van der Waals surface area contributed by atoms with Crippen LogP contribution < -0.4 is 5.32 Å². The lowest BCUT2D eigenvalue weighted by atomic mass is 9.91. The number of benzene rings is 1. The summed E-state index contributed by atoms with van der Waals surface area (Å²) in [5, 5.41) is 3.22. The zero-order chi connectivity index (χ0) is 18.0. The highest BCUT2D eigenvalue weighted by molar-refractivity contribution is 7.21. The van der Waals surface area contributed by atoms with Gasteiger partial charge >= 0.3 is 12.3 Å². The molecule has 10 heteroatoms. The van der Waals surface area contributed by atoms with Crippen LogP contribution >= 0.6 is 22.9 Å². The summed E-state index contributed by atoms with van der Waals surface area (Å²) in [6, 6.07) is 3.21. The van der Waals surface area contributed by atoms with Crippen LogP contribution in [0.4, 0.5) is 18.0 Å². The van der Waals surface area contributed by atoms with E-state index in [-0.39, 0.29) is 35.5 Å². The Bertz CT molecular complexity index is 905. The number of amides is 2. The summed E-state index contributed by atoms with van der Waals surface area (Å²) in [6.07, 6.45) is -4.98. The molecule has 1 aromatic carbocycles. The fourth-order valence-electron chi connectivity index (χ4n) is 3.01. The van der Waals surface area contributed by atoms with Gasteiger partial charge < -0.3 is 15.0 Å². The van der Waals surface area contributed by atoms with Crippen molar-refractivity contribution in [3.63, 3.8) is 0 Å². The molecule has 1 spiro atoms. The predicted molar refractivity (Wildman–Crippen MR) is 85.0 cm³/mol. The minimum absolute atomic E-state index is 0.145. The topological polar surface area (TPSA) is 58.6 Å². The average molecular weight is 391 g/mol. The molecule has 0 saturated carbocycles. The highest BCUT2D eigenvalue weighted by atomic mass is 35.5. The third-order valence-electron chi connectivity index (χ3n) is 4.27. The molecule has 0 atom stereocenters. The first-order chi connectivity index (χ1) is 11.7. The number of alkyl halides is 3. The minimum Gasteiger partial charge on any atom is -0.447 e. The molecule has 1 N–H and O–H groups in total. The fourth-order valence-corrected chi connectivity index (χ4v) is 4.53. The number of alkyl carbamates (subject to hydrolysis) is 1. The van der Waals surface area contributed by atoms with Gasteiger partial charge in [-0.1, -0.05) is 17.7 Å². The molecule has 5 nitrogen and oxygen atoms in total. The first kappa shape index (κ1) is 16.5. The largest absolute Gasteiger partial charge is 0.447 e. The van der Waals surface area contributed by atoms with Gasteiger partial charge in [-0.25, -0.2) is 4.79 Å². The zero-order valence-corrected chi connectivity index (χ0v) is 14.0. The molecular formula is C15H10ClF3N2O3S. The van der Waals surface area contributed by atoms with E-state index in [9.17, 15) is 22.8 Å². The molecule has 2 fully saturated rings. The normalized spacial score (nSPS) is 19.0. The molecule has 25 heavy (non-hydrogen) atoms. The predicted octanol–water partition coefficient (Wildman–Crippen LogP) is 3.51. The van der Waals surface area contributed by atoms with Crippen LogP contribution in [-0.4, -0.2) is 42.1 Å². The summed E-state index contributed by atoms with van der Waals surface area (Å²) in [6.45, 7) is 0.733. The number of fused-ring (bicyclic) bond motifs is 1. The van der Waals surface area contributed by atoms with Gasteiger partial charge in [0.2, 0.25) is 0 Å². The zero-order valence-electron chi connectivity index (χ0n) is 12.4. The Kier molecular flexibility index (Phi) is 3.46. The van der Waals surface area contributed by atoms with Gasteiger partial charge in [0.1, 0.15) is 17.0 Å². The summed E-state index contributed by atoms with van der Waals surface area (Å²) in [5.74, 6) is -0.369. The second-order valence-corrected chi connectivity index (χ2v) is 7.53. The Morgan fingerprint density at radius 2 is 2.08 bits per heavy atom. The second-order valence-electron chi connectivity index (χ2n) is 6.10. The number of carbonyl (C=O) groups is 2. The van der Waals surface area contributed by atoms with Gasteiger partial charge in [0.25, 0.3) is 5.91 Å². The number of nitrogens with zero attached hydrogens (tertiary/aromatic N) is 1. The minimum atomic E-state index is -4.46. The quantitative estimate of drug-likeness (QED) is 0.810. The standard InChI is InChI=1S/C15H10ClF3N2O3S/c16-10-8-2-1-7(15(17,18)19)3-9(8)25-11(10)12(22)21-4-14(5-21)6-24-13(23)20-14/h1-3H,4-6H2,(H,20,23). The number of hydrogen-bond acceptors (Lipinski definition) is 4. The molecule has 132 valence electrons. The van der Waals surface area contributed by atoms with E-state index in [0.717, 1.165) is 23.5 Å². The number of nitrogens with one attached hydrogen (secondary N) is 1. The van der Waals surface area contributed by atoms with Crippen LogP contribution in [0.3, 0.4) is 0 Å². The van der Waals surface area contributed by atoms with E-state index in [1.165, 1.54) is 11.0 Å². The number of ether oxygens (including phenoxy) is 1. The molecule has 3 heterocycles. The van der Waals surface area contributed by atoms with Crippen LogP contribution in [-0.2, 0) is 10.9 Å². The highest BCUT2D eigenvalue weighted by Gasteiger charge is 2.51. The van der Waals surface area contributed by atoms with E-state index in [1.807, 2.05) is 0 Å². The molecule has 2 aliphatic heterocycles. The van der Waals surface area contributed by atoms with Gasteiger partial charge in [0, 0.05) is 23.2 Å². The first-order valence-electron chi connectivity index (χ1n) is 7.22. The number of carbonyl (C=O) groups excluding carboxylic acids is 2. The summed E-state index contributed by atoms with van der Waals surface area (Å²) < 4.78 is 43.6. The summed E-state index contributed by atoms with van der Waals surface area (Å²) in [4.78, 5) is 25.4. The van der Waals surface area contributed by atoms with Crippen LogP contribution in [0.5, 0.6) is 0 Å². The maximum absolute atomic E-state index is 12.8. The van der Waals surface area contributed by atoms with Crippen LogP contribution in [0, 0.1) is 0 Å². The summed E-state index contributed by atoms with van der Waals surface area (Å²) >= 11 is 7.13. The number of thiophene rings is 1. The van der Waals surface area contributed by atoms with Crippen molar-refractivity contribution in [3.05, 3.63) is 33.7 Å². The lowest BCUT2D eigenvalue weighted by Gasteiger charge is -2.45. The second kappa shape index (κ2) is 5.25. The maximum Gasteiger partial charge on any atom is 0.416 e. The van der Waals surface area contributed by atoms with Crippen molar-refractivity contribution in [3.8, 4) is 0 Å². The van der Waals surface area contributed by atoms with Crippen molar-refractivity contribution < 1.29 is 27.5 Å². The van der Waals surface area contributed by atoms with Crippen molar-refractivity contribution >= 4 is 45.0 Å².